The van der Waals surface area contributed by atoms with Crippen LogP contribution in [0.3, 0.4) is 0 Å². The number of hydrogen-bond acceptors (Lipinski definition) is 0. The number of benzene rings is 2. The van der Waals surface area contributed by atoms with Gasteiger partial charge in [-0.2, -0.15) is 0 Å². The van der Waals surface area contributed by atoms with Gasteiger partial charge in [-0.15, -0.1) is 0 Å². The van der Waals surface area contributed by atoms with Crippen molar-refractivity contribution in [3.63, 3.8) is 0 Å². The highest BCUT2D eigenvalue weighted by Gasteiger charge is 2.53. The monoisotopic (exact) mass is 412 g/mol. The molecule has 2 aromatic rings. The van der Waals surface area contributed by atoms with E-state index < -0.39 is 0 Å². The van der Waals surface area contributed by atoms with E-state index in [1.807, 2.05) is 0 Å². The largest absolute Gasteiger partial charge is 0.0768 e. The Hall–Kier alpha value is -1.35. The second-order valence-electron chi connectivity index (χ2n) is 7.44. The smallest absolute Gasteiger partial charge is 0.0130 e. The molecule has 2 aromatic carbocycles. The van der Waals surface area contributed by atoms with E-state index in [0.717, 1.165) is 0 Å². The first-order valence-corrected chi connectivity index (χ1v) is 9.28. The predicted octanol–water partition coefficient (Wildman–Crippen LogP) is 6.47. The molecule has 2 aliphatic rings. The van der Waals surface area contributed by atoms with E-state index in [-0.39, 0.29) is 10.8 Å². The van der Waals surface area contributed by atoms with E-state index in [0.29, 0.717) is 5.92 Å². The Morgan fingerprint density at radius 3 is 2.30 bits per heavy atom. The van der Waals surface area contributed by atoms with Crippen molar-refractivity contribution in [2.24, 2.45) is 5.41 Å². The first-order chi connectivity index (χ1) is 10.9. The molecule has 0 saturated heterocycles. The summed E-state index contributed by atoms with van der Waals surface area (Å²) in [5.41, 5.74) is 5.91. The minimum atomic E-state index is 0.132. The fraction of sp³-hybridized carbons (Fsp3) is 0.273. The molecule has 2 unspecified atom stereocenters. The number of halogens is 1. The van der Waals surface area contributed by atoms with E-state index in [9.17, 15) is 0 Å². The Morgan fingerprint density at radius 2 is 1.57 bits per heavy atom. The summed E-state index contributed by atoms with van der Waals surface area (Å²) in [6.45, 7) is 7.20. The van der Waals surface area contributed by atoms with Crippen LogP contribution in [0.4, 0.5) is 0 Å². The molecule has 0 saturated carbocycles. The van der Waals surface area contributed by atoms with Gasteiger partial charge < -0.3 is 0 Å². The highest BCUT2D eigenvalue weighted by atomic mass is 127. The average molecular weight is 412 g/mol. The average Bonchev–Trinajstić information content (AvgIpc) is 2.72. The van der Waals surface area contributed by atoms with E-state index in [2.05, 4.69) is 110 Å². The maximum atomic E-state index is 2.42. The van der Waals surface area contributed by atoms with Crippen molar-refractivity contribution in [1.82, 2.24) is 0 Å². The first kappa shape index (κ1) is 15.2. The Labute approximate surface area is 152 Å². The van der Waals surface area contributed by atoms with Crippen LogP contribution in [0.2, 0.25) is 0 Å². The van der Waals surface area contributed by atoms with Crippen molar-refractivity contribution in [2.75, 3.05) is 0 Å². The second-order valence-corrected chi connectivity index (χ2v) is 8.68. The highest BCUT2D eigenvalue weighted by molar-refractivity contribution is 14.1. The zero-order valence-electron chi connectivity index (χ0n) is 13.8. The fourth-order valence-electron chi connectivity index (χ4n) is 4.24. The fourth-order valence-corrected chi connectivity index (χ4v) is 4.60. The molecule has 0 bridgehead atoms. The molecule has 23 heavy (non-hydrogen) atoms. The Kier molecular flexibility index (Phi) is 3.35. The minimum absolute atomic E-state index is 0.132. The summed E-state index contributed by atoms with van der Waals surface area (Å²) in [6, 6.07) is 15.9. The van der Waals surface area contributed by atoms with Crippen molar-refractivity contribution in [3.05, 3.63) is 81.5 Å². The maximum absolute atomic E-state index is 2.42. The van der Waals surface area contributed by atoms with Crippen LogP contribution < -0.4 is 0 Å². The minimum Gasteiger partial charge on any atom is -0.0768 e. The molecule has 2 aliphatic carbocycles. The van der Waals surface area contributed by atoms with Crippen molar-refractivity contribution < 1.29 is 0 Å². The van der Waals surface area contributed by atoms with E-state index in [1.165, 1.54) is 25.8 Å². The third kappa shape index (κ3) is 2.09. The van der Waals surface area contributed by atoms with Crippen LogP contribution in [-0.2, 0) is 5.41 Å². The van der Waals surface area contributed by atoms with Gasteiger partial charge in [0.15, 0.2) is 0 Å². The summed E-state index contributed by atoms with van der Waals surface area (Å²) >= 11 is 2.36. The first-order valence-electron chi connectivity index (χ1n) is 8.20. The molecule has 116 valence electrons. The predicted molar refractivity (Wildman–Crippen MR) is 107 cm³/mol. The number of allylic oxidation sites excluding steroid dienone is 4. The Bertz CT molecular complexity index is 824. The van der Waals surface area contributed by atoms with Crippen LogP contribution in [0.15, 0.2) is 66.8 Å². The summed E-state index contributed by atoms with van der Waals surface area (Å²) in [6.07, 6.45) is 9.19. The third-order valence-electron chi connectivity index (χ3n) is 6.09. The second kappa shape index (κ2) is 5.07. The zero-order valence-corrected chi connectivity index (χ0v) is 16.0. The molecule has 0 N–H and O–H groups in total. The summed E-state index contributed by atoms with van der Waals surface area (Å²) in [5.74, 6) is 0.489. The van der Waals surface area contributed by atoms with Gasteiger partial charge in [0, 0.05) is 14.9 Å². The molecule has 0 spiro atoms. The molecule has 2 atom stereocenters. The number of fused-ring (bicyclic) bond motifs is 3. The van der Waals surface area contributed by atoms with Gasteiger partial charge in [0.05, 0.1) is 0 Å². The topological polar surface area (TPSA) is 0 Å². The molecular formula is C22H21I. The summed E-state index contributed by atoms with van der Waals surface area (Å²) in [5, 5.41) is 0. The Balaban J connectivity index is 1.88. The molecule has 0 heterocycles. The SMILES string of the molecule is CC1(C)c2cc(-c3ccc(I)cc3)ccc2C2C=CC=CC21C. The van der Waals surface area contributed by atoms with Gasteiger partial charge in [0.25, 0.3) is 0 Å². The lowest BCUT2D eigenvalue weighted by Crippen LogP contribution is -2.36. The normalized spacial score (nSPS) is 26.9. The van der Waals surface area contributed by atoms with Crippen LogP contribution in [-0.4, -0.2) is 0 Å². The van der Waals surface area contributed by atoms with Gasteiger partial charge in [-0.3, -0.25) is 0 Å². The molecule has 4 rings (SSSR count). The van der Waals surface area contributed by atoms with Gasteiger partial charge in [0.1, 0.15) is 0 Å². The number of hydrogen-bond donors (Lipinski definition) is 0. The molecule has 0 aromatic heterocycles. The number of rotatable bonds is 1. The van der Waals surface area contributed by atoms with E-state index in [1.54, 1.807) is 0 Å². The standard InChI is InChI=1S/C22H21I/c1-21(2)20-14-16(15-7-10-17(23)11-8-15)9-12-18(20)19-6-4-5-13-22(19,21)3/h4-14,19H,1-3H3. The Morgan fingerprint density at radius 1 is 0.870 bits per heavy atom. The van der Waals surface area contributed by atoms with Gasteiger partial charge in [-0.1, -0.05) is 75.4 Å². The van der Waals surface area contributed by atoms with Crippen molar-refractivity contribution in [1.29, 1.82) is 0 Å². The zero-order chi connectivity index (χ0) is 16.2. The lowest BCUT2D eigenvalue weighted by Gasteiger charge is -2.41. The summed E-state index contributed by atoms with van der Waals surface area (Å²) < 4.78 is 1.28. The molecule has 0 fully saturated rings. The molecule has 0 radical (unpaired) electrons. The molecule has 0 aliphatic heterocycles. The lowest BCUT2D eigenvalue weighted by molar-refractivity contribution is 0.245. The maximum Gasteiger partial charge on any atom is 0.0130 e. The lowest BCUT2D eigenvalue weighted by atomic mass is 9.62. The highest BCUT2D eigenvalue weighted by Crippen LogP contribution is 2.61. The quantitative estimate of drug-likeness (QED) is 0.472. The molecule has 0 nitrogen and oxygen atoms in total. The van der Waals surface area contributed by atoms with Crippen LogP contribution >= 0.6 is 22.6 Å². The van der Waals surface area contributed by atoms with Gasteiger partial charge in [-0.25, -0.2) is 0 Å². The van der Waals surface area contributed by atoms with Crippen LogP contribution in [0.25, 0.3) is 11.1 Å². The molecule has 0 amide bonds. The van der Waals surface area contributed by atoms with Crippen LogP contribution in [0.5, 0.6) is 0 Å². The van der Waals surface area contributed by atoms with Gasteiger partial charge in [-0.05, 0) is 62.4 Å². The van der Waals surface area contributed by atoms with Crippen molar-refractivity contribution in [3.8, 4) is 11.1 Å². The van der Waals surface area contributed by atoms with Crippen molar-refractivity contribution >= 4 is 22.6 Å². The van der Waals surface area contributed by atoms with E-state index in [4.69, 9.17) is 0 Å². The summed E-state index contributed by atoms with van der Waals surface area (Å²) in [7, 11) is 0. The third-order valence-corrected chi connectivity index (χ3v) is 6.81. The van der Waals surface area contributed by atoms with Gasteiger partial charge in [0.2, 0.25) is 0 Å². The molecular weight excluding hydrogens is 391 g/mol. The van der Waals surface area contributed by atoms with E-state index >= 15 is 0 Å². The van der Waals surface area contributed by atoms with Crippen LogP contribution in [0, 0.1) is 8.99 Å². The summed E-state index contributed by atoms with van der Waals surface area (Å²) in [4.78, 5) is 0. The van der Waals surface area contributed by atoms with Crippen LogP contribution in [0.1, 0.15) is 37.8 Å². The molecule has 1 heteroatoms. The van der Waals surface area contributed by atoms with Crippen molar-refractivity contribution in [2.45, 2.75) is 32.1 Å². The van der Waals surface area contributed by atoms with Gasteiger partial charge >= 0.3 is 0 Å².